The summed E-state index contributed by atoms with van der Waals surface area (Å²) in [5.74, 6) is 0.331. The van der Waals surface area contributed by atoms with E-state index in [0.717, 1.165) is 15.5 Å². The zero-order valence-corrected chi connectivity index (χ0v) is 27.3. The fraction of sp³-hybridized carbons (Fsp3) is 0.324. The average molecular weight is 683 g/mol. The number of nitrogens with zero attached hydrogens (tertiary/aromatic N) is 2. The largest absolute Gasteiger partial charge is 0.493 e. The van der Waals surface area contributed by atoms with Gasteiger partial charge >= 0.3 is 12.4 Å². The third-order valence-electron chi connectivity index (χ3n) is 8.47. The van der Waals surface area contributed by atoms with Gasteiger partial charge in [-0.25, -0.2) is 0 Å². The average Bonchev–Trinajstić information content (AvgIpc) is 3.00. The van der Waals surface area contributed by atoms with E-state index in [1.54, 1.807) is 37.4 Å². The standard InChI is InChI=1S/C37H32F6N2O4/c1-19-14-27-25(7-9-29(47)45(27)18-21-15-23(36(38,39)40)17-24(16-21)37(41,42)43)32(30(19)34(20(2)46)49-35(3,4)5)26-6-8-28-31-22(11-13-48-28)10-12-44-33(26)31/h6-10,12,14-17,34H,11,13,18H2,1-5H3. The smallest absolute Gasteiger partial charge is 0.416 e. The molecular formula is C37H32F6N2O4. The Morgan fingerprint density at radius 1 is 0.959 bits per heavy atom. The first-order chi connectivity index (χ1) is 22.8. The Morgan fingerprint density at radius 2 is 1.63 bits per heavy atom. The fourth-order valence-corrected chi connectivity index (χ4v) is 6.47. The molecule has 12 heteroatoms. The van der Waals surface area contributed by atoms with Gasteiger partial charge in [-0.05, 0) is 111 Å². The van der Waals surface area contributed by atoms with Crippen molar-refractivity contribution in [2.75, 3.05) is 6.61 Å². The lowest BCUT2D eigenvalue weighted by atomic mass is 9.85. The van der Waals surface area contributed by atoms with Crippen LogP contribution < -0.4 is 10.3 Å². The van der Waals surface area contributed by atoms with E-state index < -0.39 is 47.3 Å². The molecule has 49 heavy (non-hydrogen) atoms. The molecule has 3 aromatic carbocycles. The van der Waals surface area contributed by atoms with Gasteiger partial charge in [0.25, 0.3) is 5.56 Å². The molecular weight excluding hydrogens is 650 g/mol. The molecule has 3 heterocycles. The number of hydrogen-bond acceptors (Lipinski definition) is 5. The second-order valence-corrected chi connectivity index (χ2v) is 13.2. The molecule has 6 rings (SSSR count). The van der Waals surface area contributed by atoms with Crippen molar-refractivity contribution in [1.82, 2.24) is 9.55 Å². The molecule has 0 saturated heterocycles. The van der Waals surface area contributed by atoms with Crippen LogP contribution in [0.5, 0.6) is 5.75 Å². The molecule has 0 fully saturated rings. The van der Waals surface area contributed by atoms with Crippen LogP contribution in [0.25, 0.3) is 32.9 Å². The Bertz CT molecular complexity index is 2150. The van der Waals surface area contributed by atoms with E-state index in [-0.39, 0.29) is 22.9 Å². The van der Waals surface area contributed by atoms with E-state index in [1.165, 1.54) is 13.0 Å². The summed E-state index contributed by atoms with van der Waals surface area (Å²) >= 11 is 0. The molecule has 0 bridgehead atoms. The van der Waals surface area contributed by atoms with E-state index in [4.69, 9.17) is 14.5 Å². The predicted octanol–water partition coefficient (Wildman–Crippen LogP) is 8.99. The van der Waals surface area contributed by atoms with Crippen LogP contribution in [-0.2, 0) is 34.8 Å². The molecule has 1 atom stereocenters. The molecule has 0 aliphatic carbocycles. The Labute approximate surface area is 277 Å². The lowest BCUT2D eigenvalue weighted by molar-refractivity contribution is -0.143. The Hall–Kier alpha value is -4.71. The zero-order valence-electron chi connectivity index (χ0n) is 27.3. The number of hydrogen-bond donors (Lipinski definition) is 0. The van der Waals surface area contributed by atoms with Gasteiger partial charge in [0.15, 0.2) is 5.78 Å². The number of rotatable bonds is 6. The van der Waals surface area contributed by atoms with E-state index in [9.17, 15) is 35.9 Å². The molecule has 0 spiro atoms. The first kappa shape index (κ1) is 34.2. The van der Waals surface area contributed by atoms with Gasteiger partial charge in [-0.1, -0.05) is 0 Å². The van der Waals surface area contributed by atoms with Crippen molar-refractivity contribution >= 4 is 27.6 Å². The number of carbonyl (C=O) groups excluding carboxylic acids is 1. The topological polar surface area (TPSA) is 70.4 Å². The molecule has 0 saturated carbocycles. The van der Waals surface area contributed by atoms with E-state index in [1.807, 2.05) is 26.8 Å². The SMILES string of the molecule is CC(=O)C(OC(C)(C)C)c1c(C)cc2c(ccc(=O)n2Cc2cc(C(F)(F)F)cc(C(F)(F)F)c2)c1-c1ccc2c3c(ccnc13)CCO2. The molecule has 0 amide bonds. The van der Waals surface area contributed by atoms with Crippen molar-refractivity contribution in [2.24, 2.45) is 0 Å². The number of halogens is 6. The Balaban J connectivity index is 1.69. The molecule has 6 nitrogen and oxygen atoms in total. The van der Waals surface area contributed by atoms with Crippen LogP contribution >= 0.6 is 0 Å². The van der Waals surface area contributed by atoms with Crippen LogP contribution in [0.1, 0.15) is 67.2 Å². The molecule has 1 aliphatic heterocycles. The maximum atomic E-state index is 13.7. The van der Waals surface area contributed by atoms with Gasteiger partial charge in [0.05, 0.1) is 40.9 Å². The molecule has 256 valence electrons. The first-order valence-electron chi connectivity index (χ1n) is 15.5. The van der Waals surface area contributed by atoms with Crippen LogP contribution in [0, 0.1) is 6.92 Å². The van der Waals surface area contributed by atoms with Gasteiger partial charge in [-0.15, -0.1) is 0 Å². The summed E-state index contributed by atoms with van der Waals surface area (Å²) in [4.78, 5) is 31.4. The lowest BCUT2D eigenvalue weighted by Crippen LogP contribution is -2.27. The Kier molecular flexibility index (Phi) is 8.37. The quantitative estimate of drug-likeness (QED) is 0.167. The Morgan fingerprint density at radius 3 is 2.24 bits per heavy atom. The maximum Gasteiger partial charge on any atom is 0.416 e. The van der Waals surface area contributed by atoms with Crippen LogP contribution in [0.15, 0.2) is 65.6 Å². The van der Waals surface area contributed by atoms with Crippen LogP contribution in [0.2, 0.25) is 0 Å². The third kappa shape index (κ3) is 6.53. The molecule has 1 unspecified atom stereocenters. The van der Waals surface area contributed by atoms with Crippen molar-refractivity contribution in [3.05, 3.63) is 105 Å². The number of aryl methyl sites for hydroxylation is 1. The van der Waals surface area contributed by atoms with Crippen LogP contribution in [0.3, 0.4) is 0 Å². The lowest BCUT2D eigenvalue weighted by Gasteiger charge is -2.30. The number of ether oxygens (including phenoxy) is 2. The van der Waals surface area contributed by atoms with Gasteiger partial charge in [-0.3, -0.25) is 14.6 Å². The molecule has 0 radical (unpaired) electrons. The van der Waals surface area contributed by atoms with Crippen molar-refractivity contribution in [3.8, 4) is 16.9 Å². The van der Waals surface area contributed by atoms with Crippen LogP contribution in [0.4, 0.5) is 26.3 Å². The second-order valence-electron chi connectivity index (χ2n) is 13.2. The van der Waals surface area contributed by atoms with Crippen LogP contribution in [-0.4, -0.2) is 27.5 Å². The number of aromatic nitrogens is 2. The summed E-state index contributed by atoms with van der Waals surface area (Å²) in [6.45, 7) is 8.43. The van der Waals surface area contributed by atoms with Crippen molar-refractivity contribution in [1.29, 1.82) is 0 Å². The summed E-state index contributed by atoms with van der Waals surface area (Å²) in [5, 5.41) is 1.20. The number of pyridine rings is 2. The van der Waals surface area contributed by atoms with E-state index in [0.29, 0.717) is 64.1 Å². The number of benzene rings is 3. The maximum absolute atomic E-state index is 13.7. The number of ketones is 1. The highest BCUT2D eigenvalue weighted by atomic mass is 19.4. The first-order valence-corrected chi connectivity index (χ1v) is 15.5. The number of Topliss-reactive ketones (excluding diaryl/α,β-unsaturated/α-hetero) is 1. The zero-order chi connectivity index (χ0) is 35.6. The normalized spacial score (nSPS) is 14.3. The minimum absolute atomic E-state index is 0.0512. The predicted molar refractivity (Wildman–Crippen MR) is 173 cm³/mol. The van der Waals surface area contributed by atoms with Gasteiger partial charge in [0.2, 0.25) is 0 Å². The number of alkyl halides is 6. The molecule has 0 N–H and O–H groups in total. The van der Waals surface area contributed by atoms with Crippen molar-refractivity contribution in [3.63, 3.8) is 0 Å². The monoisotopic (exact) mass is 682 g/mol. The molecule has 5 aromatic rings. The van der Waals surface area contributed by atoms with Crippen molar-refractivity contribution in [2.45, 2.75) is 71.6 Å². The molecule has 1 aliphatic rings. The van der Waals surface area contributed by atoms with E-state index in [2.05, 4.69) is 0 Å². The van der Waals surface area contributed by atoms with Gasteiger partial charge < -0.3 is 14.0 Å². The summed E-state index contributed by atoms with van der Waals surface area (Å²) in [6, 6.07) is 11.1. The van der Waals surface area contributed by atoms with Gasteiger partial charge in [0, 0.05) is 35.0 Å². The van der Waals surface area contributed by atoms with Crippen molar-refractivity contribution < 1.29 is 40.6 Å². The summed E-state index contributed by atoms with van der Waals surface area (Å²) in [6.07, 6.45) is -8.88. The summed E-state index contributed by atoms with van der Waals surface area (Å²) < 4.78 is 95.8. The highest BCUT2D eigenvalue weighted by Gasteiger charge is 2.37. The fourth-order valence-electron chi connectivity index (χ4n) is 6.47. The second kappa shape index (κ2) is 12.0. The third-order valence-corrected chi connectivity index (χ3v) is 8.47. The summed E-state index contributed by atoms with van der Waals surface area (Å²) in [5.41, 5.74) is -0.834. The summed E-state index contributed by atoms with van der Waals surface area (Å²) in [7, 11) is 0. The minimum Gasteiger partial charge on any atom is -0.493 e. The minimum atomic E-state index is -5.06. The number of carbonyl (C=O) groups is 1. The highest BCUT2D eigenvalue weighted by Crippen LogP contribution is 2.45. The highest BCUT2D eigenvalue weighted by molar-refractivity contribution is 6.08. The molecule has 2 aromatic heterocycles. The van der Waals surface area contributed by atoms with Gasteiger partial charge in [0.1, 0.15) is 11.9 Å². The van der Waals surface area contributed by atoms with E-state index >= 15 is 0 Å². The van der Waals surface area contributed by atoms with Gasteiger partial charge in [-0.2, -0.15) is 26.3 Å². The number of fused-ring (bicyclic) bond motifs is 1.